The third-order valence-electron chi connectivity index (χ3n) is 20.3. The van der Waals surface area contributed by atoms with Gasteiger partial charge in [0.1, 0.15) is 19.3 Å². The Labute approximate surface area is 650 Å². The lowest BCUT2D eigenvalue weighted by molar-refractivity contribution is -0.161. The van der Waals surface area contributed by atoms with Crippen molar-refractivity contribution in [3.05, 3.63) is 24.3 Å². The molecule has 0 bridgehead atoms. The minimum Gasteiger partial charge on any atom is -0.462 e. The maximum Gasteiger partial charge on any atom is 0.472 e. The van der Waals surface area contributed by atoms with E-state index in [1.54, 1.807) is 0 Å². The highest BCUT2D eigenvalue weighted by Gasteiger charge is 2.30. The van der Waals surface area contributed by atoms with E-state index in [9.17, 15) is 43.2 Å². The Balaban J connectivity index is 5.24. The Kier molecular flexibility index (Phi) is 77.4. The predicted octanol–water partition coefficient (Wildman–Crippen LogP) is 26.3. The highest BCUT2D eigenvalue weighted by molar-refractivity contribution is 7.47. The van der Waals surface area contributed by atoms with Crippen LogP contribution in [0.5, 0.6) is 0 Å². The second kappa shape index (κ2) is 79.2. The number of allylic oxidation sites excluding steroid dienone is 4. The average molecular weight is 1550 g/mol. The van der Waals surface area contributed by atoms with Crippen molar-refractivity contribution in [1.29, 1.82) is 0 Å². The molecule has 17 nitrogen and oxygen atoms in total. The number of phosphoric ester groups is 2. The minimum atomic E-state index is -4.97. The van der Waals surface area contributed by atoms with Crippen LogP contribution in [0.3, 0.4) is 0 Å². The summed E-state index contributed by atoms with van der Waals surface area (Å²) >= 11 is 0. The van der Waals surface area contributed by atoms with Gasteiger partial charge in [0, 0.05) is 25.7 Å². The fourth-order valence-electron chi connectivity index (χ4n) is 13.1. The van der Waals surface area contributed by atoms with Gasteiger partial charge in [0.05, 0.1) is 26.4 Å². The molecule has 0 aromatic heterocycles. The molecule has 0 radical (unpaired) electrons. The molecule has 0 aliphatic carbocycles. The summed E-state index contributed by atoms with van der Waals surface area (Å²) in [4.78, 5) is 73.2. The molecule has 106 heavy (non-hydrogen) atoms. The summed E-state index contributed by atoms with van der Waals surface area (Å²) in [6.45, 7) is 7.25. The van der Waals surface area contributed by atoms with Gasteiger partial charge < -0.3 is 33.8 Å². The lowest BCUT2D eigenvalue weighted by atomic mass is 10.00. The van der Waals surface area contributed by atoms with E-state index in [2.05, 4.69) is 58.9 Å². The Morgan fingerprint density at radius 2 is 0.528 bits per heavy atom. The van der Waals surface area contributed by atoms with Gasteiger partial charge in [0.15, 0.2) is 12.2 Å². The van der Waals surface area contributed by atoms with Crippen molar-refractivity contribution in [2.45, 2.75) is 464 Å². The summed E-state index contributed by atoms with van der Waals surface area (Å²) < 4.78 is 68.8. The van der Waals surface area contributed by atoms with E-state index in [0.717, 1.165) is 115 Å². The zero-order chi connectivity index (χ0) is 77.6. The summed E-state index contributed by atoms with van der Waals surface area (Å²) in [5.74, 6) is -1.41. The van der Waals surface area contributed by atoms with Gasteiger partial charge in [-0.3, -0.25) is 37.3 Å². The van der Waals surface area contributed by atoms with Gasteiger partial charge >= 0.3 is 39.5 Å². The number of carbonyl (C=O) groups excluding carboxylic acids is 4. The van der Waals surface area contributed by atoms with Crippen molar-refractivity contribution >= 4 is 39.5 Å². The summed E-state index contributed by atoms with van der Waals surface area (Å²) in [5, 5.41) is 10.7. The second-order valence-corrected chi connectivity index (χ2v) is 33.7. The highest BCUT2D eigenvalue weighted by atomic mass is 31.2. The quantitative estimate of drug-likeness (QED) is 0.0169. The van der Waals surface area contributed by atoms with Gasteiger partial charge in [0.25, 0.3) is 0 Å². The van der Waals surface area contributed by atoms with Gasteiger partial charge in [-0.1, -0.05) is 393 Å². The molecule has 0 spiro atoms. The summed E-state index contributed by atoms with van der Waals surface area (Å²) in [6, 6.07) is 0. The maximum atomic E-state index is 13.2. The molecule has 0 heterocycles. The zero-order valence-electron chi connectivity index (χ0n) is 69.1. The van der Waals surface area contributed by atoms with Crippen LogP contribution in [0.15, 0.2) is 24.3 Å². The number of aliphatic hydroxyl groups is 1. The molecule has 0 fully saturated rings. The van der Waals surface area contributed by atoms with E-state index in [0.29, 0.717) is 25.7 Å². The third kappa shape index (κ3) is 78.2. The minimum absolute atomic E-state index is 0.0846. The van der Waals surface area contributed by atoms with Crippen molar-refractivity contribution < 1.29 is 80.2 Å². The Morgan fingerprint density at radius 1 is 0.302 bits per heavy atom. The highest BCUT2D eigenvalue weighted by Crippen LogP contribution is 2.45. The number of esters is 4. The molecular weight excluding hydrogens is 1380 g/mol. The van der Waals surface area contributed by atoms with Crippen LogP contribution in [-0.4, -0.2) is 96.7 Å². The van der Waals surface area contributed by atoms with Crippen LogP contribution in [0.1, 0.15) is 446 Å². The second-order valence-electron chi connectivity index (χ2n) is 30.8. The molecule has 0 saturated heterocycles. The summed E-state index contributed by atoms with van der Waals surface area (Å²) in [7, 11) is -9.94. The molecule has 0 saturated carbocycles. The molecule has 626 valence electrons. The fraction of sp³-hybridized carbons (Fsp3) is 0.908. The average Bonchev–Trinajstić information content (AvgIpc) is 0.903. The van der Waals surface area contributed by atoms with Crippen molar-refractivity contribution in [2.24, 2.45) is 5.92 Å². The first kappa shape index (κ1) is 104. The first-order valence-corrected chi connectivity index (χ1v) is 47.5. The smallest absolute Gasteiger partial charge is 0.462 e. The summed E-state index contributed by atoms with van der Waals surface area (Å²) in [6.07, 6.45) is 76.0. The number of carbonyl (C=O) groups is 4. The fourth-order valence-corrected chi connectivity index (χ4v) is 14.7. The van der Waals surface area contributed by atoms with E-state index in [-0.39, 0.29) is 25.7 Å². The monoisotopic (exact) mass is 1550 g/mol. The molecule has 0 aliphatic rings. The molecule has 0 aromatic carbocycles. The van der Waals surface area contributed by atoms with Crippen molar-refractivity contribution in [2.75, 3.05) is 39.6 Å². The SMILES string of the molecule is CCCCCC/C=C\C=C/CCCCCCCC(=O)O[C@H](COC(=O)CCCCCCCCC(C)CC)COP(=O)(O)OC[C@H](O)COP(=O)(O)OC[C@@H](COC(=O)CCCCCCCCCCCCCCCCCCCCC)OC(=O)CCCCCCCCCCCCCCCCCCCCCCCC. The number of hydrogen-bond acceptors (Lipinski definition) is 15. The van der Waals surface area contributed by atoms with Crippen molar-refractivity contribution in [3.8, 4) is 0 Å². The van der Waals surface area contributed by atoms with E-state index in [1.807, 2.05) is 0 Å². The zero-order valence-corrected chi connectivity index (χ0v) is 70.9. The number of ether oxygens (including phenoxy) is 4. The topological polar surface area (TPSA) is 237 Å². The molecular formula is C87H166O17P2. The number of rotatable bonds is 85. The van der Waals surface area contributed by atoms with E-state index in [4.69, 9.17) is 37.0 Å². The molecule has 0 aliphatic heterocycles. The van der Waals surface area contributed by atoms with Crippen LogP contribution in [0.2, 0.25) is 0 Å². The number of hydrogen-bond donors (Lipinski definition) is 3. The van der Waals surface area contributed by atoms with Crippen molar-refractivity contribution in [1.82, 2.24) is 0 Å². The molecule has 3 N–H and O–H groups in total. The van der Waals surface area contributed by atoms with E-state index in [1.165, 1.54) is 250 Å². The van der Waals surface area contributed by atoms with E-state index >= 15 is 0 Å². The molecule has 0 rings (SSSR count). The van der Waals surface area contributed by atoms with Crippen LogP contribution < -0.4 is 0 Å². The Bertz CT molecular complexity index is 2110. The lowest BCUT2D eigenvalue weighted by Crippen LogP contribution is -2.30. The van der Waals surface area contributed by atoms with Gasteiger partial charge in [-0.05, 0) is 57.3 Å². The predicted molar refractivity (Wildman–Crippen MR) is 437 cm³/mol. The van der Waals surface area contributed by atoms with Gasteiger partial charge in [-0.2, -0.15) is 0 Å². The third-order valence-corrected chi connectivity index (χ3v) is 22.2. The summed E-state index contributed by atoms with van der Waals surface area (Å²) in [5.41, 5.74) is 0. The van der Waals surface area contributed by atoms with E-state index < -0.39 is 97.5 Å². The number of unbranched alkanes of at least 4 members (excludes halogenated alkanes) is 53. The number of aliphatic hydroxyl groups excluding tert-OH is 1. The van der Waals surface area contributed by atoms with Crippen LogP contribution in [-0.2, 0) is 65.4 Å². The lowest BCUT2D eigenvalue weighted by Gasteiger charge is -2.21. The van der Waals surface area contributed by atoms with Crippen LogP contribution in [0.4, 0.5) is 0 Å². The molecule has 19 heteroatoms. The molecule has 0 aromatic rings. The largest absolute Gasteiger partial charge is 0.472 e. The normalized spacial score (nSPS) is 14.2. The van der Waals surface area contributed by atoms with Crippen molar-refractivity contribution in [3.63, 3.8) is 0 Å². The van der Waals surface area contributed by atoms with Gasteiger partial charge in [-0.25, -0.2) is 9.13 Å². The first-order chi connectivity index (χ1) is 51.6. The van der Waals surface area contributed by atoms with Gasteiger partial charge in [-0.15, -0.1) is 0 Å². The van der Waals surface area contributed by atoms with Crippen LogP contribution >= 0.6 is 15.6 Å². The molecule has 6 atom stereocenters. The molecule has 3 unspecified atom stereocenters. The first-order valence-electron chi connectivity index (χ1n) is 44.5. The number of phosphoric acid groups is 2. The van der Waals surface area contributed by atoms with Crippen LogP contribution in [0, 0.1) is 5.92 Å². The van der Waals surface area contributed by atoms with Gasteiger partial charge in [0.2, 0.25) is 0 Å². The Morgan fingerprint density at radius 3 is 0.802 bits per heavy atom. The Hall–Kier alpha value is -2.46. The maximum absolute atomic E-state index is 13.2. The molecule has 0 amide bonds. The van der Waals surface area contributed by atoms with Crippen LogP contribution in [0.25, 0.3) is 0 Å². The standard InChI is InChI=1S/C87H166O17P2/c1-6-10-13-16-19-22-25-28-31-33-35-36-37-39-41-44-47-50-53-56-63-68-72-86(91)103-82(76-97-84(89)70-65-60-54-51-48-45-43-40-38-34-32-29-26-23-20-17-14-11-7-2)78-101-105(93,94)99-74-81(88)75-100-106(95,96)102-79-83(77-98-85(90)71-66-61-58-57-59-64-69-80(5)9-4)104-87(92)73-67-62-55-52-49-46-42-30-27-24-21-18-15-12-8-3/h24,27,30,42,80-83,88H,6-23,25-26,28-29,31-41,43-79H2,1-5H3,(H,93,94)(H,95,96)/b27-24-,42-30-/t80?,81-,82-,83-/m1/s1.